The van der Waals surface area contributed by atoms with E-state index in [1.54, 1.807) is 20.8 Å². The Bertz CT molecular complexity index is 54.3. The van der Waals surface area contributed by atoms with Crippen LogP contribution in [0, 0.1) is 16.2 Å². The zero-order valence-corrected chi connectivity index (χ0v) is 9.39. The van der Waals surface area contributed by atoms with Gasteiger partial charge in [-0.25, -0.2) is 0 Å². The van der Waals surface area contributed by atoms with Crippen LogP contribution in [0.15, 0.2) is 0 Å². The van der Waals surface area contributed by atoms with Crippen molar-refractivity contribution < 1.29 is 0 Å². The molecule has 0 heterocycles. The van der Waals surface area contributed by atoms with Gasteiger partial charge in [-0.15, -0.1) is 24.8 Å². The molecule has 0 aliphatic carbocycles. The van der Waals surface area contributed by atoms with Gasteiger partial charge in [-0.1, -0.05) is 0 Å². The van der Waals surface area contributed by atoms with Crippen LogP contribution in [-0.4, -0.2) is 18.6 Å². The van der Waals surface area contributed by atoms with Crippen molar-refractivity contribution in [3.05, 3.63) is 0 Å². The van der Waals surface area contributed by atoms with Crippen molar-refractivity contribution in [1.29, 1.82) is 16.2 Å². The van der Waals surface area contributed by atoms with Gasteiger partial charge in [0, 0.05) is 0 Å². The maximum atomic E-state index is 6.08. The van der Waals surface area contributed by atoms with E-state index in [2.05, 4.69) is 0 Å². The first kappa shape index (κ1) is 41.7. The van der Waals surface area contributed by atoms with Gasteiger partial charge in [0.1, 0.15) is 0 Å². The first-order valence-electron chi connectivity index (χ1n) is 2.60. The highest BCUT2D eigenvalue weighted by atomic mass is 35.5. The Morgan fingerprint density at radius 3 is 0.667 bits per heavy atom. The molecule has 0 aromatic carbocycles. The molecule has 0 bridgehead atoms. The Labute approximate surface area is 87.1 Å². The number of hydrogen-bond acceptors (Lipinski definition) is 4. The van der Waals surface area contributed by atoms with E-state index in [1.165, 1.54) is 18.6 Å². The van der Waals surface area contributed by atoms with Crippen LogP contribution in [0.3, 0.4) is 0 Å². The fourth-order valence-corrected chi connectivity index (χ4v) is 0. The fourth-order valence-electron chi connectivity index (χ4n) is 0. The van der Waals surface area contributed by atoms with Gasteiger partial charge >= 0.3 is 0 Å². The largest absolute Gasteiger partial charge is 0.344 e. The molecule has 0 atom stereocenters. The van der Waals surface area contributed by atoms with Crippen LogP contribution in [0.2, 0.25) is 0 Å². The van der Waals surface area contributed by atoms with Gasteiger partial charge < -0.3 is 22.4 Å². The molecular formula is C6H20Cl2N4. The minimum atomic E-state index is 0. The smallest absolute Gasteiger partial charge is 0.00788 e. The van der Waals surface area contributed by atoms with Gasteiger partial charge in [-0.05, 0) is 39.4 Å². The van der Waals surface area contributed by atoms with Gasteiger partial charge in [0.2, 0.25) is 0 Å². The summed E-state index contributed by atoms with van der Waals surface area (Å²) in [5.74, 6) is 0. The number of hydrogen-bond donors (Lipinski definition) is 4. The summed E-state index contributed by atoms with van der Waals surface area (Å²) in [5, 5.41) is 18.2. The first-order valence-corrected chi connectivity index (χ1v) is 2.60. The monoisotopic (exact) mass is 218 g/mol. The van der Waals surface area contributed by atoms with E-state index in [4.69, 9.17) is 16.2 Å². The van der Waals surface area contributed by atoms with Gasteiger partial charge in [0.25, 0.3) is 0 Å². The Hall–Kier alpha value is -0.450. The molecule has 6 N–H and O–H groups in total. The maximum Gasteiger partial charge on any atom is -0.00788 e. The maximum absolute atomic E-state index is 6.08. The highest BCUT2D eigenvalue weighted by molar-refractivity contribution is 5.85. The number of rotatable bonds is 0. The van der Waals surface area contributed by atoms with Gasteiger partial charge in [-0.3, -0.25) is 0 Å². The van der Waals surface area contributed by atoms with Crippen molar-refractivity contribution >= 4 is 43.5 Å². The molecule has 0 amide bonds. The van der Waals surface area contributed by atoms with Crippen LogP contribution >= 0.6 is 24.8 Å². The highest BCUT2D eigenvalue weighted by Gasteiger charge is 1.17. The second-order valence-corrected chi connectivity index (χ2v) is 0.866. The van der Waals surface area contributed by atoms with Crippen molar-refractivity contribution in [1.82, 2.24) is 6.15 Å². The Morgan fingerprint density at radius 1 is 0.667 bits per heavy atom. The lowest BCUT2D eigenvalue weighted by atomic mass is 10.9. The lowest BCUT2D eigenvalue weighted by Gasteiger charge is -1.30. The van der Waals surface area contributed by atoms with Gasteiger partial charge in [0.05, 0.1) is 0 Å². The zero-order valence-electron chi connectivity index (χ0n) is 7.76. The first-order chi connectivity index (χ1) is 4.24. The molecule has 0 aromatic rings. The second kappa shape index (κ2) is 148. The normalized spacial score (nSPS) is 3.25. The third-order valence-corrected chi connectivity index (χ3v) is 0. The van der Waals surface area contributed by atoms with E-state index in [0.717, 1.165) is 0 Å². The summed E-state index contributed by atoms with van der Waals surface area (Å²) < 4.78 is 0. The van der Waals surface area contributed by atoms with E-state index in [1.807, 2.05) is 0 Å². The minimum Gasteiger partial charge on any atom is -0.344 e. The third-order valence-electron chi connectivity index (χ3n) is 0. The third kappa shape index (κ3) is 3450. The lowest BCUT2D eigenvalue weighted by molar-refractivity contribution is 1.55. The molecule has 12 heavy (non-hydrogen) atoms. The van der Waals surface area contributed by atoms with E-state index < -0.39 is 0 Å². The van der Waals surface area contributed by atoms with E-state index in [9.17, 15) is 0 Å². The van der Waals surface area contributed by atoms with Crippen LogP contribution in [0.25, 0.3) is 0 Å². The van der Waals surface area contributed by atoms with Gasteiger partial charge in [0.15, 0.2) is 0 Å². The predicted octanol–water partition coefficient (Wildman–Crippen LogP) is 2.97. The molecule has 6 heteroatoms. The van der Waals surface area contributed by atoms with Gasteiger partial charge in [-0.2, -0.15) is 0 Å². The van der Waals surface area contributed by atoms with Crippen molar-refractivity contribution in [3.63, 3.8) is 0 Å². The molecule has 0 radical (unpaired) electrons. The van der Waals surface area contributed by atoms with Crippen LogP contribution in [-0.2, 0) is 0 Å². The predicted molar refractivity (Wildman–Crippen MR) is 62.9 cm³/mol. The quantitative estimate of drug-likeness (QED) is 0.462. The van der Waals surface area contributed by atoms with Crippen LogP contribution in [0.4, 0.5) is 0 Å². The molecular weight excluding hydrogens is 199 g/mol. The van der Waals surface area contributed by atoms with E-state index in [0.29, 0.717) is 0 Å². The fraction of sp³-hybridized carbons (Fsp3) is 0.500. The highest BCUT2D eigenvalue weighted by Crippen LogP contribution is 1.17. The van der Waals surface area contributed by atoms with Crippen LogP contribution < -0.4 is 6.15 Å². The minimum absolute atomic E-state index is 0. The molecule has 0 unspecified atom stereocenters. The van der Waals surface area contributed by atoms with E-state index >= 15 is 0 Å². The number of nitrogens with one attached hydrogen (secondary N) is 3. The van der Waals surface area contributed by atoms with E-state index in [-0.39, 0.29) is 31.0 Å². The Balaban J connectivity index is -0.00000001000. The summed E-state index contributed by atoms with van der Waals surface area (Å²) >= 11 is 0. The second-order valence-electron chi connectivity index (χ2n) is 0.866. The molecule has 4 nitrogen and oxygen atoms in total. The Kier molecular flexibility index (Phi) is 515. The summed E-state index contributed by atoms with van der Waals surface area (Å²) in [6.07, 6.45) is 3.75. The van der Waals surface area contributed by atoms with Crippen molar-refractivity contribution in [2.24, 2.45) is 0 Å². The lowest BCUT2D eigenvalue weighted by Crippen LogP contribution is -1.32. The summed E-state index contributed by atoms with van der Waals surface area (Å²) in [5.41, 5.74) is 0. The molecule has 0 saturated heterocycles. The van der Waals surface area contributed by atoms with Crippen molar-refractivity contribution in [2.45, 2.75) is 20.8 Å². The summed E-state index contributed by atoms with van der Waals surface area (Å²) in [6.45, 7) is 5.00. The standard InChI is InChI=1S/3C2H5N.2ClH.H3N/c3*1-2-3;;;/h3*2-3H,1H3;2*1H;1H3. The molecule has 0 aliphatic rings. The Morgan fingerprint density at radius 2 is 0.667 bits per heavy atom. The zero-order chi connectivity index (χ0) is 8.12. The molecule has 0 aromatic heterocycles. The summed E-state index contributed by atoms with van der Waals surface area (Å²) in [7, 11) is 0. The SMILES string of the molecule is CC=N.CC=N.CC=N.Cl.Cl.N. The molecule has 0 spiro atoms. The van der Waals surface area contributed by atoms with Crippen molar-refractivity contribution in [2.75, 3.05) is 0 Å². The number of halogens is 2. The molecule has 78 valence electrons. The summed E-state index contributed by atoms with van der Waals surface area (Å²) in [4.78, 5) is 0. The topological polar surface area (TPSA) is 107 Å². The van der Waals surface area contributed by atoms with Crippen LogP contribution in [0.1, 0.15) is 20.8 Å². The molecule has 0 rings (SSSR count). The van der Waals surface area contributed by atoms with Crippen LogP contribution in [0.5, 0.6) is 0 Å². The average Bonchev–Trinajstić information content (AvgIpc) is 1.70. The summed E-state index contributed by atoms with van der Waals surface area (Å²) in [6, 6.07) is 0. The molecule has 0 fully saturated rings. The van der Waals surface area contributed by atoms with Crippen molar-refractivity contribution in [3.8, 4) is 0 Å². The molecule has 0 saturated carbocycles. The molecule has 0 aliphatic heterocycles. The average molecular weight is 219 g/mol.